The number of rotatable bonds is 6. The maximum absolute atomic E-state index is 6.53. The van der Waals surface area contributed by atoms with Crippen LogP contribution < -0.4 is 4.90 Å². The Morgan fingerprint density at radius 3 is 1.71 bits per heavy atom. The van der Waals surface area contributed by atoms with Gasteiger partial charge in [-0.1, -0.05) is 164 Å². The van der Waals surface area contributed by atoms with Crippen LogP contribution in [0.25, 0.3) is 87.6 Å². The van der Waals surface area contributed by atoms with Gasteiger partial charge in [-0.15, -0.1) is 0 Å². The summed E-state index contributed by atoms with van der Waals surface area (Å²) >= 11 is 0. The standard InChI is InChI=1S/C54H35NO/c1-2-12-36(13-3-1)40-16-10-17-41(34-40)37-24-29-43(30-25-37)55(52-23-11-21-47-44-18-6-4-14-38(44)26-31-48(47)52)51-22-9-8-19-45(51)42-28-33-53-50(35-42)49-32-27-39-15-5-7-20-46(39)54(49)56-53/h1-35H. The van der Waals surface area contributed by atoms with E-state index in [-0.39, 0.29) is 0 Å². The van der Waals surface area contributed by atoms with Gasteiger partial charge in [0.05, 0.1) is 11.4 Å². The van der Waals surface area contributed by atoms with Gasteiger partial charge < -0.3 is 9.32 Å². The molecule has 10 aromatic carbocycles. The highest BCUT2D eigenvalue weighted by Crippen LogP contribution is 2.46. The second kappa shape index (κ2) is 13.2. The van der Waals surface area contributed by atoms with Crippen molar-refractivity contribution in [3.05, 3.63) is 212 Å². The number of para-hydroxylation sites is 1. The smallest absolute Gasteiger partial charge is 0.143 e. The summed E-state index contributed by atoms with van der Waals surface area (Å²) in [6.07, 6.45) is 0. The minimum atomic E-state index is 0.891. The molecule has 56 heavy (non-hydrogen) atoms. The first-order valence-electron chi connectivity index (χ1n) is 19.2. The van der Waals surface area contributed by atoms with Crippen molar-refractivity contribution in [3.8, 4) is 33.4 Å². The van der Waals surface area contributed by atoms with Crippen LogP contribution in [0.15, 0.2) is 217 Å². The number of furan rings is 1. The van der Waals surface area contributed by atoms with E-state index in [2.05, 4.69) is 217 Å². The maximum atomic E-state index is 6.53. The predicted molar refractivity (Wildman–Crippen MR) is 237 cm³/mol. The summed E-state index contributed by atoms with van der Waals surface area (Å²) in [5.41, 5.74) is 12.2. The molecule has 1 aromatic heterocycles. The van der Waals surface area contributed by atoms with Crippen LogP contribution in [0.2, 0.25) is 0 Å². The number of benzene rings is 10. The van der Waals surface area contributed by atoms with E-state index in [1.54, 1.807) is 0 Å². The van der Waals surface area contributed by atoms with Crippen molar-refractivity contribution in [2.24, 2.45) is 0 Å². The van der Waals surface area contributed by atoms with Crippen LogP contribution in [-0.2, 0) is 0 Å². The van der Waals surface area contributed by atoms with E-state index < -0.39 is 0 Å². The first-order chi connectivity index (χ1) is 27.8. The Kier molecular flexibility index (Phi) is 7.53. The van der Waals surface area contributed by atoms with Crippen LogP contribution in [0, 0.1) is 0 Å². The summed E-state index contributed by atoms with van der Waals surface area (Å²) in [6, 6.07) is 76.5. The minimum absolute atomic E-state index is 0.891. The zero-order chi connectivity index (χ0) is 37.0. The predicted octanol–water partition coefficient (Wildman–Crippen LogP) is 15.5. The molecular formula is C54H35NO. The molecule has 2 nitrogen and oxygen atoms in total. The molecule has 0 aliphatic carbocycles. The van der Waals surface area contributed by atoms with Gasteiger partial charge in [-0.05, 0) is 97.9 Å². The van der Waals surface area contributed by atoms with Gasteiger partial charge in [0.15, 0.2) is 0 Å². The normalized spacial score (nSPS) is 11.6. The lowest BCUT2D eigenvalue weighted by Gasteiger charge is -2.29. The van der Waals surface area contributed by atoms with E-state index in [0.29, 0.717) is 0 Å². The molecule has 0 aliphatic rings. The molecule has 2 heteroatoms. The summed E-state index contributed by atoms with van der Waals surface area (Å²) in [7, 11) is 0. The molecule has 0 spiro atoms. The van der Waals surface area contributed by atoms with Crippen LogP contribution in [-0.4, -0.2) is 0 Å². The lowest BCUT2D eigenvalue weighted by molar-refractivity contribution is 0.672. The fourth-order valence-corrected chi connectivity index (χ4v) is 8.52. The average Bonchev–Trinajstić information content (AvgIpc) is 3.66. The molecule has 0 bridgehead atoms. The van der Waals surface area contributed by atoms with E-state index >= 15 is 0 Å². The van der Waals surface area contributed by atoms with E-state index in [4.69, 9.17) is 4.42 Å². The fraction of sp³-hybridized carbons (Fsp3) is 0. The first-order valence-corrected chi connectivity index (χ1v) is 19.2. The van der Waals surface area contributed by atoms with Crippen LogP contribution >= 0.6 is 0 Å². The number of nitrogens with zero attached hydrogens (tertiary/aromatic N) is 1. The van der Waals surface area contributed by atoms with Crippen molar-refractivity contribution in [2.45, 2.75) is 0 Å². The Morgan fingerprint density at radius 1 is 0.304 bits per heavy atom. The summed E-state index contributed by atoms with van der Waals surface area (Å²) in [6.45, 7) is 0. The molecule has 0 saturated carbocycles. The summed E-state index contributed by atoms with van der Waals surface area (Å²) in [4.78, 5) is 2.43. The van der Waals surface area contributed by atoms with Crippen LogP contribution in [0.4, 0.5) is 17.1 Å². The van der Waals surface area contributed by atoms with Crippen LogP contribution in [0.3, 0.4) is 0 Å². The minimum Gasteiger partial charge on any atom is -0.455 e. The molecule has 0 radical (unpaired) electrons. The molecule has 0 fully saturated rings. The Hall–Kier alpha value is -7.42. The molecule has 0 unspecified atom stereocenters. The van der Waals surface area contributed by atoms with Crippen LogP contribution in [0.1, 0.15) is 0 Å². The molecule has 0 atom stereocenters. The largest absolute Gasteiger partial charge is 0.455 e. The molecule has 0 saturated heterocycles. The summed E-state index contributed by atoms with van der Waals surface area (Å²) in [5, 5.41) is 9.47. The van der Waals surface area contributed by atoms with E-state index in [9.17, 15) is 0 Å². The number of anilines is 3. The third kappa shape index (κ3) is 5.34. The number of fused-ring (bicyclic) bond motifs is 8. The number of hydrogen-bond donors (Lipinski definition) is 0. The van der Waals surface area contributed by atoms with Crippen molar-refractivity contribution in [3.63, 3.8) is 0 Å². The van der Waals surface area contributed by atoms with E-state index in [1.165, 1.54) is 49.2 Å². The average molecular weight is 714 g/mol. The van der Waals surface area contributed by atoms with Crippen LogP contribution in [0.5, 0.6) is 0 Å². The summed E-state index contributed by atoms with van der Waals surface area (Å²) < 4.78 is 6.53. The molecule has 1 heterocycles. The first kappa shape index (κ1) is 32.0. The highest BCUT2D eigenvalue weighted by molar-refractivity contribution is 6.16. The van der Waals surface area contributed by atoms with Gasteiger partial charge in [-0.25, -0.2) is 0 Å². The van der Waals surface area contributed by atoms with Gasteiger partial charge in [0.1, 0.15) is 11.2 Å². The van der Waals surface area contributed by atoms with Crippen molar-refractivity contribution in [1.29, 1.82) is 0 Å². The molecule has 262 valence electrons. The van der Waals surface area contributed by atoms with Gasteiger partial charge in [-0.3, -0.25) is 0 Å². The van der Waals surface area contributed by atoms with Crippen molar-refractivity contribution in [1.82, 2.24) is 0 Å². The zero-order valence-corrected chi connectivity index (χ0v) is 30.6. The van der Waals surface area contributed by atoms with Gasteiger partial charge in [-0.2, -0.15) is 0 Å². The monoisotopic (exact) mass is 713 g/mol. The van der Waals surface area contributed by atoms with Gasteiger partial charge in [0.25, 0.3) is 0 Å². The van der Waals surface area contributed by atoms with E-state index in [0.717, 1.165) is 55.5 Å². The lowest BCUT2D eigenvalue weighted by atomic mass is 9.96. The second-order valence-corrected chi connectivity index (χ2v) is 14.5. The molecule has 0 aliphatic heterocycles. The topological polar surface area (TPSA) is 16.4 Å². The Balaban J connectivity index is 1.09. The Bertz CT molecular complexity index is 3250. The highest BCUT2D eigenvalue weighted by Gasteiger charge is 2.21. The SMILES string of the molecule is c1ccc(-c2cccc(-c3ccc(N(c4ccccc4-c4ccc5oc6c7ccccc7ccc6c5c4)c4cccc5c4ccc4ccccc45)cc3)c2)cc1. The molecule has 11 rings (SSSR count). The lowest BCUT2D eigenvalue weighted by Crippen LogP contribution is -2.11. The fourth-order valence-electron chi connectivity index (χ4n) is 8.52. The molecule has 11 aromatic rings. The molecule has 0 N–H and O–H groups in total. The highest BCUT2D eigenvalue weighted by atomic mass is 16.3. The third-order valence-corrected chi connectivity index (χ3v) is 11.3. The van der Waals surface area contributed by atoms with Gasteiger partial charge >= 0.3 is 0 Å². The Labute approximate surface area is 325 Å². The molecular weight excluding hydrogens is 679 g/mol. The van der Waals surface area contributed by atoms with Crippen molar-refractivity contribution in [2.75, 3.05) is 4.90 Å². The molecule has 0 amide bonds. The quantitative estimate of drug-likeness (QED) is 0.160. The Morgan fingerprint density at radius 2 is 0.893 bits per heavy atom. The number of hydrogen-bond acceptors (Lipinski definition) is 2. The maximum Gasteiger partial charge on any atom is 0.143 e. The van der Waals surface area contributed by atoms with E-state index in [1.807, 2.05) is 0 Å². The van der Waals surface area contributed by atoms with Gasteiger partial charge in [0.2, 0.25) is 0 Å². The van der Waals surface area contributed by atoms with Crippen molar-refractivity contribution >= 4 is 71.3 Å². The van der Waals surface area contributed by atoms with Crippen molar-refractivity contribution < 1.29 is 4.42 Å². The zero-order valence-electron chi connectivity index (χ0n) is 30.6. The summed E-state index contributed by atoms with van der Waals surface area (Å²) in [5.74, 6) is 0. The third-order valence-electron chi connectivity index (χ3n) is 11.3. The van der Waals surface area contributed by atoms with Gasteiger partial charge in [0, 0.05) is 32.8 Å². The second-order valence-electron chi connectivity index (χ2n) is 14.5.